The van der Waals surface area contributed by atoms with Crippen molar-refractivity contribution in [3.8, 4) is 16.4 Å². The van der Waals surface area contributed by atoms with Gasteiger partial charge in [-0.15, -0.1) is 11.3 Å². The first-order chi connectivity index (χ1) is 11.6. The molecule has 0 amide bonds. The molecular formula is C19H17NO3S. The van der Waals surface area contributed by atoms with Crippen LogP contribution in [-0.2, 0) is 6.61 Å². The smallest absolute Gasteiger partial charge is 0.177 e. The highest BCUT2D eigenvalue weighted by molar-refractivity contribution is 7.13. The summed E-state index contributed by atoms with van der Waals surface area (Å²) in [6, 6.07) is 9.74. The van der Waals surface area contributed by atoms with Gasteiger partial charge in [0.1, 0.15) is 18.1 Å². The van der Waals surface area contributed by atoms with Gasteiger partial charge in [0.2, 0.25) is 0 Å². The van der Waals surface area contributed by atoms with E-state index >= 15 is 0 Å². The van der Waals surface area contributed by atoms with Crippen LogP contribution in [0.1, 0.15) is 46.4 Å². The maximum Gasteiger partial charge on any atom is 0.177 e. The average molecular weight is 339 g/mol. The van der Waals surface area contributed by atoms with Crippen molar-refractivity contribution in [1.82, 2.24) is 5.16 Å². The van der Waals surface area contributed by atoms with E-state index in [1.807, 2.05) is 42.6 Å². The van der Waals surface area contributed by atoms with E-state index in [1.165, 1.54) is 0 Å². The highest BCUT2D eigenvalue weighted by Crippen LogP contribution is 2.40. The number of rotatable bonds is 4. The van der Waals surface area contributed by atoms with E-state index in [0.717, 1.165) is 27.3 Å². The molecule has 0 unspecified atom stereocenters. The van der Waals surface area contributed by atoms with E-state index in [2.05, 4.69) is 12.1 Å². The van der Waals surface area contributed by atoms with E-state index in [1.54, 1.807) is 11.3 Å². The molecule has 0 saturated heterocycles. The molecule has 0 spiro atoms. The summed E-state index contributed by atoms with van der Waals surface area (Å²) < 4.78 is 11.3. The van der Waals surface area contributed by atoms with Crippen molar-refractivity contribution in [1.29, 1.82) is 0 Å². The van der Waals surface area contributed by atoms with Crippen LogP contribution in [0.25, 0.3) is 10.6 Å². The Balaban J connectivity index is 1.56. The van der Waals surface area contributed by atoms with Gasteiger partial charge in [-0.05, 0) is 41.5 Å². The summed E-state index contributed by atoms with van der Waals surface area (Å²) in [5, 5.41) is 6.05. The maximum atomic E-state index is 12.3. The van der Waals surface area contributed by atoms with Crippen molar-refractivity contribution < 1.29 is 14.1 Å². The summed E-state index contributed by atoms with van der Waals surface area (Å²) >= 11 is 1.60. The van der Waals surface area contributed by atoms with Gasteiger partial charge in [-0.3, -0.25) is 4.79 Å². The van der Waals surface area contributed by atoms with Gasteiger partial charge in [0, 0.05) is 12.5 Å². The van der Waals surface area contributed by atoms with E-state index in [-0.39, 0.29) is 18.3 Å². The molecule has 0 bridgehead atoms. The van der Waals surface area contributed by atoms with Crippen LogP contribution in [0.2, 0.25) is 0 Å². The van der Waals surface area contributed by atoms with Gasteiger partial charge in [0.05, 0.1) is 10.4 Å². The summed E-state index contributed by atoms with van der Waals surface area (Å²) in [6.07, 6.45) is 0.559. The average Bonchev–Trinajstić information content (AvgIpc) is 3.28. The zero-order valence-corrected chi connectivity index (χ0v) is 14.4. The second-order valence-corrected chi connectivity index (χ2v) is 7.09. The van der Waals surface area contributed by atoms with Crippen LogP contribution in [0, 0.1) is 6.92 Å². The molecule has 24 heavy (non-hydrogen) atoms. The monoisotopic (exact) mass is 339 g/mol. The fourth-order valence-electron chi connectivity index (χ4n) is 3.30. The van der Waals surface area contributed by atoms with Crippen molar-refractivity contribution >= 4 is 17.1 Å². The van der Waals surface area contributed by atoms with Gasteiger partial charge in [-0.2, -0.15) is 0 Å². The first-order valence-electron chi connectivity index (χ1n) is 7.92. The molecule has 0 radical (unpaired) electrons. The Morgan fingerprint density at radius 1 is 1.38 bits per heavy atom. The summed E-state index contributed by atoms with van der Waals surface area (Å²) in [4.78, 5) is 13.3. The third-order valence-electron chi connectivity index (χ3n) is 4.39. The van der Waals surface area contributed by atoms with Crippen LogP contribution in [-0.4, -0.2) is 10.9 Å². The largest absolute Gasteiger partial charge is 0.486 e. The molecule has 1 aromatic carbocycles. The van der Waals surface area contributed by atoms with Crippen LogP contribution in [0.4, 0.5) is 0 Å². The Morgan fingerprint density at radius 3 is 3.04 bits per heavy atom. The molecule has 2 aromatic heterocycles. The summed E-state index contributed by atoms with van der Waals surface area (Å²) in [5.74, 6) is 1.80. The number of ketones is 1. The molecule has 4 nitrogen and oxygen atoms in total. The Morgan fingerprint density at radius 2 is 2.25 bits per heavy atom. The summed E-state index contributed by atoms with van der Waals surface area (Å²) in [5.41, 5.74) is 3.73. The number of Topliss-reactive ketones (excluding diaryl/α,β-unsaturated/α-hetero) is 1. The van der Waals surface area contributed by atoms with Gasteiger partial charge < -0.3 is 9.26 Å². The molecule has 5 heteroatoms. The summed E-state index contributed by atoms with van der Waals surface area (Å²) in [6.45, 7) is 4.42. The van der Waals surface area contributed by atoms with Gasteiger partial charge in [-0.25, -0.2) is 0 Å². The Hall–Kier alpha value is -2.40. The van der Waals surface area contributed by atoms with Gasteiger partial charge >= 0.3 is 0 Å². The zero-order chi connectivity index (χ0) is 16.7. The number of carbonyl (C=O) groups excluding carboxylic acids is 1. The molecule has 2 heterocycles. The highest BCUT2D eigenvalue weighted by atomic mass is 32.1. The number of carbonyl (C=O) groups is 1. The lowest BCUT2D eigenvalue weighted by atomic mass is 9.97. The third kappa shape index (κ3) is 2.55. The fraction of sp³-hybridized carbons (Fsp3) is 0.263. The number of hydrogen-bond acceptors (Lipinski definition) is 5. The quantitative estimate of drug-likeness (QED) is 0.672. The SMILES string of the molecule is Cc1ccc(OCc2cc(-c3cccs3)on2)c2c1[C@@H](C)CC2=O. The number of fused-ring (bicyclic) bond motifs is 1. The third-order valence-corrected chi connectivity index (χ3v) is 5.27. The van der Waals surface area contributed by atoms with Crippen molar-refractivity contribution in [3.05, 3.63) is 58.1 Å². The highest BCUT2D eigenvalue weighted by Gasteiger charge is 2.31. The number of thiophene rings is 1. The minimum absolute atomic E-state index is 0.163. The second kappa shape index (κ2) is 5.91. The number of benzene rings is 1. The summed E-state index contributed by atoms with van der Waals surface area (Å²) in [7, 11) is 0. The Kier molecular flexibility index (Phi) is 3.73. The van der Waals surface area contributed by atoms with Gasteiger partial charge in [0.15, 0.2) is 11.5 Å². The molecule has 3 aromatic rings. The van der Waals surface area contributed by atoms with Crippen molar-refractivity contribution in [3.63, 3.8) is 0 Å². The van der Waals surface area contributed by atoms with Crippen LogP contribution in [0.5, 0.6) is 5.75 Å². The lowest BCUT2D eigenvalue weighted by molar-refractivity contribution is 0.0986. The molecule has 1 atom stereocenters. The Bertz CT molecular complexity index is 895. The molecule has 122 valence electrons. The van der Waals surface area contributed by atoms with Crippen LogP contribution >= 0.6 is 11.3 Å². The molecular weight excluding hydrogens is 322 g/mol. The molecule has 0 saturated carbocycles. The van der Waals surface area contributed by atoms with Crippen molar-refractivity contribution in [2.24, 2.45) is 0 Å². The number of nitrogens with zero attached hydrogens (tertiary/aromatic N) is 1. The number of aromatic nitrogens is 1. The van der Waals surface area contributed by atoms with Crippen molar-refractivity contribution in [2.75, 3.05) is 0 Å². The second-order valence-electron chi connectivity index (χ2n) is 6.15. The zero-order valence-electron chi connectivity index (χ0n) is 13.5. The van der Waals surface area contributed by atoms with Crippen LogP contribution < -0.4 is 4.74 Å². The van der Waals surface area contributed by atoms with E-state index < -0.39 is 0 Å². The van der Waals surface area contributed by atoms with E-state index in [9.17, 15) is 4.79 Å². The molecule has 1 aliphatic rings. The van der Waals surface area contributed by atoms with Gasteiger partial charge in [0.25, 0.3) is 0 Å². The number of aryl methyl sites for hydroxylation is 1. The van der Waals surface area contributed by atoms with Crippen LogP contribution in [0.3, 0.4) is 0 Å². The molecule has 0 aliphatic heterocycles. The maximum absolute atomic E-state index is 12.3. The normalized spacial score (nSPS) is 16.4. The molecule has 4 rings (SSSR count). The fourth-order valence-corrected chi connectivity index (χ4v) is 3.97. The Labute approximate surface area is 144 Å². The lowest BCUT2D eigenvalue weighted by Gasteiger charge is -2.12. The minimum atomic E-state index is 0.163. The van der Waals surface area contributed by atoms with Crippen molar-refractivity contribution in [2.45, 2.75) is 32.8 Å². The van der Waals surface area contributed by atoms with E-state index in [0.29, 0.717) is 17.9 Å². The predicted octanol–water partition coefficient (Wildman–Crippen LogP) is 4.98. The first-order valence-corrected chi connectivity index (χ1v) is 8.80. The number of hydrogen-bond donors (Lipinski definition) is 0. The molecule has 1 aliphatic carbocycles. The molecule has 0 N–H and O–H groups in total. The minimum Gasteiger partial charge on any atom is -0.486 e. The lowest BCUT2D eigenvalue weighted by Crippen LogP contribution is -2.02. The first kappa shape index (κ1) is 15.1. The topological polar surface area (TPSA) is 52.3 Å². The number of ether oxygens (including phenoxy) is 1. The standard InChI is InChI=1S/C19H17NO3S/c1-11-5-6-15(19-14(21)8-12(2)18(11)19)22-10-13-9-16(23-20-13)17-4-3-7-24-17/h3-7,9,12H,8,10H2,1-2H3/t12-/m0/s1. The predicted molar refractivity (Wildman–Crippen MR) is 92.7 cm³/mol. The van der Waals surface area contributed by atoms with E-state index in [4.69, 9.17) is 9.26 Å². The van der Waals surface area contributed by atoms with Crippen LogP contribution in [0.15, 0.2) is 40.2 Å². The molecule has 0 fully saturated rings. The van der Waals surface area contributed by atoms with Gasteiger partial charge in [-0.1, -0.05) is 24.2 Å².